The van der Waals surface area contributed by atoms with Crippen molar-refractivity contribution < 1.29 is 26.3 Å². The molecule has 0 radical (unpaired) electrons. The summed E-state index contributed by atoms with van der Waals surface area (Å²) in [5.74, 6) is 0. The van der Waals surface area contributed by atoms with Crippen LogP contribution in [-0.4, -0.2) is 66.0 Å². The van der Waals surface area contributed by atoms with E-state index in [9.17, 15) is 0 Å². The first kappa shape index (κ1) is 46.4. The van der Waals surface area contributed by atoms with Crippen LogP contribution in [0.5, 0.6) is 0 Å². The molecule has 6 N–H and O–H groups in total. The zero-order valence-corrected chi connectivity index (χ0v) is 3.01. The van der Waals surface area contributed by atoms with Crippen LogP contribution < -0.4 is 0 Å². The summed E-state index contributed by atoms with van der Waals surface area (Å²) < 4.78 is 0. The Balaban J connectivity index is -0.00000000267. The Kier molecular flexibility index (Phi) is 2520. The number of hydrogen-bond donors (Lipinski definition) is 2. The third-order valence-electron chi connectivity index (χ3n) is 0. The van der Waals surface area contributed by atoms with Crippen molar-refractivity contribution in [1.82, 2.24) is 0 Å². The van der Waals surface area contributed by atoms with Gasteiger partial charge in [0.05, 0.1) is 0 Å². The molecule has 46 valence electrons. The van der Waals surface area contributed by atoms with Gasteiger partial charge in [0, 0.05) is 0 Å². The van der Waals surface area contributed by atoms with Crippen molar-refractivity contribution in [2.24, 2.45) is 0 Å². The van der Waals surface area contributed by atoms with Crippen molar-refractivity contribution in [1.29, 1.82) is 0 Å². The van der Waals surface area contributed by atoms with Gasteiger partial charge in [-0.3, -0.25) is 10.5 Å². The van der Waals surface area contributed by atoms with Gasteiger partial charge >= 0.3 is 37.7 Å². The molecule has 5 nitrogen and oxygen atoms in total. The summed E-state index contributed by atoms with van der Waals surface area (Å²) in [5.41, 5.74) is 0. The van der Waals surface area contributed by atoms with Gasteiger partial charge in [-0.05, 0) is 0 Å². The van der Waals surface area contributed by atoms with Crippen LogP contribution in [0, 0.1) is 0 Å². The third-order valence-corrected chi connectivity index (χ3v) is 0. The summed E-state index contributed by atoms with van der Waals surface area (Å²) in [6.45, 7) is 2.00. The van der Waals surface area contributed by atoms with Crippen molar-refractivity contribution >= 4 is 44.5 Å². The average molecular weight is 142 g/mol. The van der Waals surface area contributed by atoms with Gasteiger partial charge in [0.15, 0.2) is 0 Å². The second kappa shape index (κ2) is 380. The van der Waals surface area contributed by atoms with Gasteiger partial charge in [-0.1, -0.05) is 0 Å². The van der Waals surface area contributed by atoms with E-state index < -0.39 is 0 Å². The van der Waals surface area contributed by atoms with Crippen LogP contribution in [0.2, 0.25) is 0 Å². The van der Waals surface area contributed by atoms with Crippen LogP contribution in [0.1, 0.15) is 0 Å². The van der Waals surface area contributed by atoms with E-state index in [1.54, 1.807) is 0 Å². The van der Waals surface area contributed by atoms with Gasteiger partial charge in [-0.15, -0.1) is 0 Å². The Morgan fingerprint density at radius 2 is 1.00 bits per heavy atom. The molecule has 0 rings (SSSR count). The molecule has 0 aliphatic carbocycles. The van der Waals surface area contributed by atoms with Crippen LogP contribution in [-0.2, 0) is 4.79 Å². The van der Waals surface area contributed by atoms with Gasteiger partial charge in [-0.2, -0.15) is 0 Å². The predicted octanol–water partition coefficient (Wildman–Crippen LogP) is -2.73. The molecule has 0 fully saturated rings. The zero-order valence-electron chi connectivity index (χ0n) is 3.01. The monoisotopic (exact) mass is 142 g/mol. The Hall–Kier alpha value is 0.770. The van der Waals surface area contributed by atoms with Crippen LogP contribution in [0.3, 0.4) is 0 Å². The Bertz CT molecular complexity index is 8.04. The standard InChI is InChI=1S/CH2O.Ca.H2O2.2H2O.2H/c1-2;;1-2;;;;/h1H2;;1-2H;2*1H2;;. The maximum absolute atomic E-state index is 8.00. The first-order chi connectivity index (χ1) is 2.00. The fraction of sp³-hybridized carbons (Fsp3) is 0. The van der Waals surface area contributed by atoms with E-state index in [0.29, 0.717) is 0 Å². The van der Waals surface area contributed by atoms with Crippen molar-refractivity contribution in [3.63, 3.8) is 0 Å². The Morgan fingerprint density at radius 3 is 1.00 bits per heavy atom. The quantitative estimate of drug-likeness (QED) is 0.217. The fourth-order valence-corrected chi connectivity index (χ4v) is 0. The van der Waals surface area contributed by atoms with E-state index in [-0.39, 0.29) is 48.7 Å². The molecule has 0 aliphatic heterocycles. The Morgan fingerprint density at radius 1 is 1.00 bits per heavy atom. The second-order valence-corrected chi connectivity index (χ2v) is 0. The van der Waals surface area contributed by atoms with Gasteiger partial charge in [-0.25, -0.2) is 0 Å². The molecule has 6 heteroatoms. The summed E-state index contributed by atoms with van der Waals surface area (Å²) in [7, 11) is 0. The minimum absolute atomic E-state index is 0. The van der Waals surface area contributed by atoms with Crippen LogP contribution >= 0.6 is 0 Å². The molecule has 7 heavy (non-hydrogen) atoms. The topological polar surface area (TPSA) is 121 Å². The first-order valence-corrected chi connectivity index (χ1v) is 0.489. The first-order valence-electron chi connectivity index (χ1n) is 0.489. The van der Waals surface area contributed by atoms with E-state index in [1.165, 1.54) is 0 Å². The summed E-state index contributed by atoms with van der Waals surface area (Å²) in [5, 5.41) is 12.0. The van der Waals surface area contributed by atoms with Crippen molar-refractivity contribution in [2.75, 3.05) is 0 Å². The van der Waals surface area contributed by atoms with Gasteiger partial charge in [0.1, 0.15) is 6.79 Å². The molecule has 0 aromatic carbocycles. The molecular formula is CH10CaO5. The summed E-state index contributed by atoms with van der Waals surface area (Å²) in [6, 6.07) is 0. The Labute approximate surface area is 70.5 Å². The molecule has 0 amide bonds. The van der Waals surface area contributed by atoms with Crippen LogP contribution in [0.15, 0.2) is 0 Å². The van der Waals surface area contributed by atoms with E-state index in [0.717, 1.165) is 0 Å². The van der Waals surface area contributed by atoms with Crippen LogP contribution in [0.25, 0.3) is 0 Å². The second-order valence-electron chi connectivity index (χ2n) is 0. The molecule has 0 aromatic rings. The zero-order chi connectivity index (χ0) is 4.00. The third kappa shape index (κ3) is 260. The van der Waals surface area contributed by atoms with E-state index in [4.69, 9.17) is 15.3 Å². The molecule has 0 aliphatic rings. The molecule has 0 heterocycles. The van der Waals surface area contributed by atoms with Gasteiger partial charge in [0.25, 0.3) is 0 Å². The van der Waals surface area contributed by atoms with E-state index >= 15 is 0 Å². The van der Waals surface area contributed by atoms with E-state index in [2.05, 4.69) is 0 Å². The van der Waals surface area contributed by atoms with Gasteiger partial charge in [0.2, 0.25) is 0 Å². The molecule has 0 saturated heterocycles. The molecule has 0 bridgehead atoms. The molecule has 0 unspecified atom stereocenters. The molecule has 0 saturated carbocycles. The van der Waals surface area contributed by atoms with E-state index in [1.807, 2.05) is 6.79 Å². The predicted molar refractivity (Wildman–Crippen MR) is 28.2 cm³/mol. The summed E-state index contributed by atoms with van der Waals surface area (Å²) >= 11 is 0. The number of carbonyl (C=O) groups is 1. The molecule has 0 spiro atoms. The maximum atomic E-state index is 8.00. The van der Waals surface area contributed by atoms with Crippen LogP contribution in [0.4, 0.5) is 0 Å². The average Bonchev–Trinajstić information content (AvgIpc) is 1.50. The van der Waals surface area contributed by atoms with Crippen molar-refractivity contribution in [3.8, 4) is 0 Å². The van der Waals surface area contributed by atoms with Crippen molar-refractivity contribution in [3.05, 3.63) is 0 Å². The molecular weight excluding hydrogens is 132 g/mol. The molecule has 0 aromatic heterocycles. The minimum atomic E-state index is 0. The van der Waals surface area contributed by atoms with Gasteiger partial charge < -0.3 is 15.7 Å². The molecule has 0 atom stereocenters. The number of rotatable bonds is 0. The fourth-order valence-electron chi connectivity index (χ4n) is 0. The SMILES string of the molecule is C=O.O.O.OO.[CaH2]. The summed E-state index contributed by atoms with van der Waals surface area (Å²) in [6.07, 6.45) is 0. The summed E-state index contributed by atoms with van der Waals surface area (Å²) in [4.78, 5) is 8.00. The normalized spacial score (nSPS) is 1.43. The number of hydrogen-bond acceptors (Lipinski definition) is 3. The number of carbonyl (C=O) groups excluding carboxylic acids is 1. The van der Waals surface area contributed by atoms with Crippen molar-refractivity contribution in [2.45, 2.75) is 0 Å².